The minimum Gasteiger partial charge on any atom is -0.356 e. The van der Waals surface area contributed by atoms with Crippen LogP contribution in [0.25, 0.3) is 0 Å². The highest BCUT2D eigenvalue weighted by molar-refractivity contribution is 5.72. The maximum absolute atomic E-state index is 10.5. The van der Waals surface area contributed by atoms with Crippen LogP contribution in [0.1, 0.15) is 19.8 Å². The van der Waals surface area contributed by atoms with E-state index < -0.39 is 0 Å². The number of rotatable bonds is 5. The Morgan fingerprint density at radius 3 is 2.46 bits per heavy atom. The van der Waals surface area contributed by atoms with Crippen molar-refractivity contribution in [3.63, 3.8) is 0 Å². The summed E-state index contributed by atoms with van der Waals surface area (Å²) in [5, 5.41) is 2.77. The summed E-state index contributed by atoms with van der Waals surface area (Å²) in [5.41, 5.74) is 0. The number of allylic oxidation sites excluding steroid dienone is 1. The van der Waals surface area contributed by atoms with E-state index in [1.54, 1.807) is 6.92 Å². The SMILES string of the molecule is CC(=O)NCCC/C=C/[N+](C)(C)C. The number of nitrogens with zero attached hydrogens (tertiary/aromatic N) is 1. The van der Waals surface area contributed by atoms with Gasteiger partial charge in [0.05, 0.1) is 27.3 Å². The number of amides is 1. The third kappa shape index (κ3) is 11.2. The smallest absolute Gasteiger partial charge is 0.216 e. The van der Waals surface area contributed by atoms with Crippen LogP contribution < -0.4 is 5.32 Å². The van der Waals surface area contributed by atoms with Crippen molar-refractivity contribution in [3.8, 4) is 0 Å². The van der Waals surface area contributed by atoms with Gasteiger partial charge in [-0.2, -0.15) is 0 Å². The molecule has 3 nitrogen and oxygen atoms in total. The van der Waals surface area contributed by atoms with E-state index in [1.807, 2.05) is 0 Å². The first-order valence-corrected chi connectivity index (χ1v) is 4.65. The highest BCUT2D eigenvalue weighted by atomic mass is 16.1. The maximum Gasteiger partial charge on any atom is 0.216 e. The van der Waals surface area contributed by atoms with Crippen molar-refractivity contribution < 1.29 is 9.28 Å². The lowest BCUT2D eigenvalue weighted by Gasteiger charge is -2.17. The molecule has 0 rings (SSSR count). The fraction of sp³-hybridized carbons (Fsp3) is 0.700. The summed E-state index contributed by atoms with van der Waals surface area (Å²) in [4.78, 5) is 10.5. The van der Waals surface area contributed by atoms with Crippen LogP contribution in [0.2, 0.25) is 0 Å². The van der Waals surface area contributed by atoms with E-state index in [1.165, 1.54) is 0 Å². The van der Waals surface area contributed by atoms with Gasteiger partial charge in [-0.3, -0.25) is 4.79 Å². The summed E-state index contributed by atoms with van der Waals surface area (Å²) in [6.45, 7) is 2.32. The lowest BCUT2D eigenvalue weighted by atomic mass is 10.3. The molecule has 0 radical (unpaired) electrons. The van der Waals surface area contributed by atoms with Crippen LogP contribution in [-0.2, 0) is 4.79 Å². The van der Waals surface area contributed by atoms with E-state index in [9.17, 15) is 4.79 Å². The number of carbonyl (C=O) groups is 1. The van der Waals surface area contributed by atoms with Gasteiger partial charge in [-0.1, -0.05) is 0 Å². The minimum atomic E-state index is 0.0515. The Labute approximate surface area is 81.0 Å². The Morgan fingerprint density at radius 1 is 1.38 bits per heavy atom. The molecule has 0 aliphatic carbocycles. The standard InChI is InChI=1S/C10H20N2O/c1-10(13)11-8-6-5-7-9-12(2,3)4/h7,9H,5-6,8H2,1-4H3/p+1/b9-7+. The summed E-state index contributed by atoms with van der Waals surface area (Å²) in [6.07, 6.45) is 6.33. The maximum atomic E-state index is 10.5. The molecule has 3 heteroatoms. The summed E-state index contributed by atoms with van der Waals surface area (Å²) >= 11 is 0. The summed E-state index contributed by atoms with van der Waals surface area (Å²) in [7, 11) is 6.35. The highest BCUT2D eigenvalue weighted by Crippen LogP contribution is 1.95. The lowest BCUT2D eigenvalue weighted by Crippen LogP contribution is -2.26. The van der Waals surface area contributed by atoms with Gasteiger partial charge in [-0.25, -0.2) is 0 Å². The van der Waals surface area contributed by atoms with Gasteiger partial charge in [-0.15, -0.1) is 0 Å². The Morgan fingerprint density at radius 2 is 2.00 bits per heavy atom. The van der Waals surface area contributed by atoms with E-state index in [0.29, 0.717) is 0 Å². The Bertz CT molecular complexity index is 180. The summed E-state index contributed by atoms with van der Waals surface area (Å²) < 4.78 is 0.847. The fourth-order valence-electron chi connectivity index (χ4n) is 0.875. The third-order valence-corrected chi connectivity index (χ3v) is 1.47. The number of nitrogens with one attached hydrogen (secondary N) is 1. The average Bonchev–Trinajstić information content (AvgIpc) is 1.93. The number of unbranched alkanes of at least 4 members (excludes halogenated alkanes) is 1. The molecule has 0 aliphatic rings. The van der Waals surface area contributed by atoms with E-state index in [-0.39, 0.29) is 5.91 Å². The fourth-order valence-corrected chi connectivity index (χ4v) is 0.875. The van der Waals surface area contributed by atoms with Crippen molar-refractivity contribution in [2.75, 3.05) is 27.7 Å². The predicted octanol–water partition coefficient (Wildman–Crippen LogP) is 1.12. The second-order valence-corrected chi connectivity index (χ2v) is 4.13. The monoisotopic (exact) mass is 185 g/mol. The van der Waals surface area contributed by atoms with Crippen molar-refractivity contribution in [3.05, 3.63) is 12.3 Å². The quantitative estimate of drug-likeness (QED) is 0.505. The zero-order valence-electron chi connectivity index (χ0n) is 9.13. The van der Waals surface area contributed by atoms with E-state index >= 15 is 0 Å². The van der Waals surface area contributed by atoms with Gasteiger partial charge < -0.3 is 9.80 Å². The van der Waals surface area contributed by atoms with Crippen LogP contribution in [-0.4, -0.2) is 38.1 Å². The molecule has 0 bridgehead atoms. The van der Waals surface area contributed by atoms with Crippen LogP contribution in [0, 0.1) is 0 Å². The van der Waals surface area contributed by atoms with Crippen LogP contribution in [0.15, 0.2) is 12.3 Å². The molecule has 1 amide bonds. The van der Waals surface area contributed by atoms with Gasteiger partial charge in [0.2, 0.25) is 5.91 Å². The van der Waals surface area contributed by atoms with Gasteiger partial charge in [0.15, 0.2) is 0 Å². The normalized spacial score (nSPS) is 12.0. The molecular formula is C10H21N2O+. The Hall–Kier alpha value is -0.830. The molecule has 0 unspecified atom stereocenters. The zero-order valence-corrected chi connectivity index (χ0v) is 9.13. The first kappa shape index (κ1) is 12.2. The lowest BCUT2D eigenvalue weighted by molar-refractivity contribution is -0.817. The molecular weight excluding hydrogens is 164 g/mol. The molecule has 0 saturated carbocycles. The topological polar surface area (TPSA) is 29.1 Å². The summed E-state index contributed by atoms with van der Waals surface area (Å²) in [6, 6.07) is 0. The second kappa shape index (κ2) is 5.75. The van der Waals surface area contributed by atoms with Gasteiger partial charge in [0, 0.05) is 13.5 Å². The molecule has 0 aromatic carbocycles. The number of quaternary nitrogens is 1. The first-order chi connectivity index (χ1) is 5.92. The van der Waals surface area contributed by atoms with Crippen LogP contribution in [0.5, 0.6) is 0 Å². The van der Waals surface area contributed by atoms with Crippen LogP contribution in [0.3, 0.4) is 0 Å². The van der Waals surface area contributed by atoms with Gasteiger partial charge in [0.25, 0.3) is 0 Å². The molecule has 0 atom stereocenters. The first-order valence-electron chi connectivity index (χ1n) is 4.65. The highest BCUT2D eigenvalue weighted by Gasteiger charge is 1.98. The van der Waals surface area contributed by atoms with Crippen molar-refractivity contribution in [2.24, 2.45) is 0 Å². The molecule has 0 spiro atoms. The molecule has 1 N–H and O–H groups in total. The van der Waals surface area contributed by atoms with Gasteiger partial charge in [0.1, 0.15) is 0 Å². The molecule has 0 aromatic rings. The Kier molecular flexibility index (Phi) is 5.39. The van der Waals surface area contributed by atoms with Gasteiger partial charge >= 0.3 is 0 Å². The van der Waals surface area contributed by atoms with Gasteiger partial charge in [-0.05, 0) is 18.9 Å². The van der Waals surface area contributed by atoms with Crippen molar-refractivity contribution in [2.45, 2.75) is 19.8 Å². The number of hydrogen-bond donors (Lipinski definition) is 1. The average molecular weight is 185 g/mol. The van der Waals surface area contributed by atoms with E-state index in [0.717, 1.165) is 23.9 Å². The minimum absolute atomic E-state index is 0.0515. The van der Waals surface area contributed by atoms with Crippen molar-refractivity contribution >= 4 is 5.91 Å². The van der Waals surface area contributed by atoms with Crippen molar-refractivity contribution in [1.82, 2.24) is 5.32 Å². The molecule has 76 valence electrons. The predicted molar refractivity (Wildman–Crippen MR) is 55.1 cm³/mol. The number of hydrogen-bond acceptors (Lipinski definition) is 1. The van der Waals surface area contributed by atoms with Crippen LogP contribution in [0.4, 0.5) is 0 Å². The molecule has 0 saturated heterocycles. The van der Waals surface area contributed by atoms with E-state index in [4.69, 9.17) is 0 Å². The third-order valence-electron chi connectivity index (χ3n) is 1.47. The second-order valence-electron chi connectivity index (χ2n) is 4.13. The molecule has 0 aromatic heterocycles. The van der Waals surface area contributed by atoms with Crippen LogP contribution >= 0.6 is 0 Å². The molecule has 13 heavy (non-hydrogen) atoms. The largest absolute Gasteiger partial charge is 0.356 e. The Balaban J connectivity index is 3.36. The van der Waals surface area contributed by atoms with Crippen molar-refractivity contribution in [1.29, 1.82) is 0 Å². The zero-order chi connectivity index (χ0) is 10.3. The molecule has 0 heterocycles. The molecule has 0 aliphatic heterocycles. The molecule has 0 fully saturated rings. The summed E-state index contributed by atoms with van der Waals surface area (Å²) in [5.74, 6) is 0.0515. The number of carbonyl (C=O) groups excluding carboxylic acids is 1. The van der Waals surface area contributed by atoms with E-state index in [2.05, 4.69) is 38.7 Å².